The maximum atomic E-state index is 13.9. The summed E-state index contributed by atoms with van der Waals surface area (Å²) in [6.45, 7) is 0.934. The minimum absolute atomic E-state index is 0.257. The fraction of sp³-hybridized carbons (Fsp3) is 0.222. The third kappa shape index (κ3) is 3.98. The van der Waals surface area contributed by atoms with Gasteiger partial charge in [0.1, 0.15) is 11.6 Å². The van der Waals surface area contributed by atoms with E-state index in [9.17, 15) is 9.18 Å². The third-order valence-electron chi connectivity index (χ3n) is 3.85. The van der Waals surface area contributed by atoms with Gasteiger partial charge in [0.15, 0.2) is 5.17 Å². The predicted octanol–water partition coefficient (Wildman–Crippen LogP) is 4.89. The molecule has 1 amide bonds. The van der Waals surface area contributed by atoms with Crippen LogP contribution in [-0.4, -0.2) is 36.2 Å². The number of carbonyl (C=O) groups excluding carboxylic acids is 1. The number of hydrogen-bond acceptors (Lipinski definition) is 4. The van der Waals surface area contributed by atoms with Crippen LogP contribution in [0.3, 0.4) is 0 Å². The standard InChI is InChI=1S/C18H15Cl2FN2O2S/c1-25-16-6-5-11(19)9-12(16)17(24)23-8-7-22-18(23)26-10-13-14(20)3-2-4-15(13)21/h2-6,9H,7-8,10H2,1H3. The fourth-order valence-electron chi connectivity index (χ4n) is 2.54. The summed E-state index contributed by atoms with van der Waals surface area (Å²) >= 11 is 13.4. The van der Waals surface area contributed by atoms with Crippen LogP contribution in [0, 0.1) is 5.82 Å². The van der Waals surface area contributed by atoms with Crippen molar-refractivity contribution in [3.05, 3.63) is 63.4 Å². The number of amidine groups is 1. The van der Waals surface area contributed by atoms with Crippen LogP contribution in [0.1, 0.15) is 15.9 Å². The lowest BCUT2D eigenvalue weighted by Gasteiger charge is -2.19. The summed E-state index contributed by atoms with van der Waals surface area (Å²) in [6, 6.07) is 9.42. The molecule has 0 aromatic heterocycles. The van der Waals surface area contributed by atoms with E-state index >= 15 is 0 Å². The van der Waals surface area contributed by atoms with Crippen molar-refractivity contribution in [1.82, 2.24) is 4.90 Å². The molecule has 4 nitrogen and oxygen atoms in total. The predicted molar refractivity (Wildman–Crippen MR) is 104 cm³/mol. The zero-order valence-corrected chi connectivity index (χ0v) is 16.2. The smallest absolute Gasteiger partial charge is 0.263 e. The van der Waals surface area contributed by atoms with Crippen molar-refractivity contribution in [2.24, 2.45) is 4.99 Å². The third-order valence-corrected chi connectivity index (χ3v) is 5.48. The lowest BCUT2D eigenvalue weighted by molar-refractivity contribution is 0.0857. The summed E-state index contributed by atoms with van der Waals surface area (Å²) in [4.78, 5) is 18.8. The minimum Gasteiger partial charge on any atom is -0.496 e. The molecule has 3 rings (SSSR count). The van der Waals surface area contributed by atoms with Crippen molar-refractivity contribution >= 4 is 46.0 Å². The van der Waals surface area contributed by atoms with E-state index in [0.29, 0.717) is 45.2 Å². The number of nitrogens with zero attached hydrogens (tertiary/aromatic N) is 2. The van der Waals surface area contributed by atoms with E-state index in [-0.39, 0.29) is 17.5 Å². The van der Waals surface area contributed by atoms with Gasteiger partial charge < -0.3 is 4.74 Å². The number of methoxy groups -OCH3 is 1. The van der Waals surface area contributed by atoms with Crippen LogP contribution < -0.4 is 4.74 Å². The van der Waals surface area contributed by atoms with Gasteiger partial charge in [-0.15, -0.1) is 0 Å². The molecule has 0 N–H and O–H groups in total. The highest BCUT2D eigenvalue weighted by Crippen LogP contribution is 2.29. The van der Waals surface area contributed by atoms with Crippen molar-refractivity contribution < 1.29 is 13.9 Å². The van der Waals surface area contributed by atoms with Gasteiger partial charge in [-0.05, 0) is 30.3 Å². The average Bonchev–Trinajstić information content (AvgIpc) is 3.09. The number of thioether (sulfide) groups is 1. The summed E-state index contributed by atoms with van der Waals surface area (Å²) in [5.41, 5.74) is 0.751. The molecule has 0 bridgehead atoms. The minimum atomic E-state index is -0.377. The molecule has 26 heavy (non-hydrogen) atoms. The van der Waals surface area contributed by atoms with Crippen molar-refractivity contribution in [1.29, 1.82) is 0 Å². The van der Waals surface area contributed by atoms with E-state index in [4.69, 9.17) is 27.9 Å². The van der Waals surface area contributed by atoms with Gasteiger partial charge in [-0.25, -0.2) is 4.39 Å². The first-order chi connectivity index (χ1) is 12.5. The Morgan fingerprint density at radius 2 is 2.15 bits per heavy atom. The first-order valence-electron chi connectivity index (χ1n) is 7.77. The summed E-state index contributed by atoms with van der Waals surface area (Å²) < 4.78 is 19.2. The average molecular weight is 413 g/mol. The molecule has 0 aliphatic carbocycles. The molecule has 0 saturated carbocycles. The van der Waals surface area contributed by atoms with Gasteiger partial charge >= 0.3 is 0 Å². The van der Waals surface area contributed by atoms with Gasteiger partial charge in [0.05, 0.1) is 19.2 Å². The highest BCUT2D eigenvalue weighted by Gasteiger charge is 2.28. The lowest BCUT2D eigenvalue weighted by atomic mass is 10.2. The number of halogens is 3. The molecule has 2 aromatic rings. The summed E-state index contributed by atoms with van der Waals surface area (Å²) in [6.07, 6.45) is 0. The molecular weight excluding hydrogens is 398 g/mol. The molecule has 0 spiro atoms. The number of hydrogen-bond donors (Lipinski definition) is 0. The number of carbonyl (C=O) groups is 1. The maximum absolute atomic E-state index is 13.9. The zero-order valence-electron chi connectivity index (χ0n) is 13.8. The van der Waals surface area contributed by atoms with Crippen LogP contribution in [-0.2, 0) is 5.75 Å². The molecule has 0 saturated heterocycles. The van der Waals surface area contributed by atoms with Crippen LogP contribution in [0.25, 0.3) is 0 Å². The Bertz CT molecular complexity index is 856. The van der Waals surface area contributed by atoms with Crippen molar-refractivity contribution in [2.45, 2.75) is 5.75 Å². The quantitative estimate of drug-likeness (QED) is 0.717. The number of benzene rings is 2. The van der Waals surface area contributed by atoms with Crippen molar-refractivity contribution in [2.75, 3.05) is 20.2 Å². The van der Waals surface area contributed by atoms with Gasteiger partial charge in [-0.2, -0.15) is 0 Å². The van der Waals surface area contributed by atoms with Gasteiger partial charge in [-0.1, -0.05) is 41.0 Å². The van der Waals surface area contributed by atoms with E-state index in [1.54, 1.807) is 35.2 Å². The van der Waals surface area contributed by atoms with Crippen LogP contribution in [0.2, 0.25) is 10.0 Å². The second-order valence-corrected chi connectivity index (χ2v) is 7.24. The molecular formula is C18H15Cl2FN2O2S. The summed E-state index contributed by atoms with van der Waals surface area (Å²) in [5.74, 6) is 0.0828. The van der Waals surface area contributed by atoms with E-state index in [1.165, 1.54) is 24.9 Å². The fourth-order valence-corrected chi connectivity index (χ4v) is 4.10. The largest absolute Gasteiger partial charge is 0.496 e. The summed E-state index contributed by atoms with van der Waals surface area (Å²) in [7, 11) is 1.49. The van der Waals surface area contributed by atoms with Gasteiger partial charge in [0, 0.05) is 27.9 Å². The number of ether oxygens (including phenoxy) is 1. The monoisotopic (exact) mass is 412 g/mol. The second-order valence-electron chi connectivity index (χ2n) is 5.45. The molecule has 0 radical (unpaired) electrons. The van der Waals surface area contributed by atoms with Crippen molar-refractivity contribution in [3.8, 4) is 5.75 Å². The van der Waals surface area contributed by atoms with E-state index < -0.39 is 0 Å². The molecule has 2 aromatic carbocycles. The number of aliphatic imine (C=N–C) groups is 1. The SMILES string of the molecule is COc1ccc(Cl)cc1C(=O)N1CCN=C1SCc1c(F)cccc1Cl. The van der Waals surface area contributed by atoms with Crippen LogP contribution in [0.4, 0.5) is 4.39 Å². The lowest BCUT2D eigenvalue weighted by Crippen LogP contribution is -2.33. The Hall–Kier alpha value is -1.76. The normalized spacial score (nSPS) is 13.7. The van der Waals surface area contributed by atoms with Gasteiger partial charge in [0.25, 0.3) is 5.91 Å². The first-order valence-corrected chi connectivity index (χ1v) is 9.51. The molecule has 0 atom stereocenters. The van der Waals surface area contributed by atoms with Crippen molar-refractivity contribution in [3.63, 3.8) is 0 Å². The molecule has 1 heterocycles. The van der Waals surface area contributed by atoms with Crippen LogP contribution >= 0.6 is 35.0 Å². The second kappa shape index (κ2) is 8.29. The highest BCUT2D eigenvalue weighted by atomic mass is 35.5. The topological polar surface area (TPSA) is 41.9 Å². The molecule has 1 aliphatic heterocycles. The Morgan fingerprint density at radius 3 is 2.88 bits per heavy atom. The van der Waals surface area contributed by atoms with E-state index in [1.807, 2.05) is 0 Å². The number of rotatable bonds is 4. The van der Waals surface area contributed by atoms with Gasteiger partial charge in [0.2, 0.25) is 0 Å². The Morgan fingerprint density at radius 1 is 1.35 bits per heavy atom. The molecule has 0 fully saturated rings. The van der Waals surface area contributed by atoms with Gasteiger partial charge in [-0.3, -0.25) is 14.7 Å². The maximum Gasteiger partial charge on any atom is 0.263 e. The molecule has 8 heteroatoms. The Kier molecular flexibility index (Phi) is 6.06. The number of amides is 1. The summed E-state index contributed by atoms with van der Waals surface area (Å²) in [5, 5.41) is 1.32. The van der Waals surface area contributed by atoms with Crippen LogP contribution in [0.5, 0.6) is 5.75 Å². The zero-order chi connectivity index (χ0) is 18.7. The van der Waals surface area contributed by atoms with Crippen LogP contribution in [0.15, 0.2) is 41.4 Å². The Balaban J connectivity index is 1.78. The molecule has 0 unspecified atom stereocenters. The first kappa shape index (κ1) is 19.0. The van der Waals surface area contributed by atoms with E-state index in [0.717, 1.165) is 0 Å². The van der Waals surface area contributed by atoms with E-state index in [2.05, 4.69) is 4.99 Å². The molecule has 136 valence electrons. The molecule has 1 aliphatic rings. The Labute approximate surface area is 164 Å². The highest BCUT2D eigenvalue weighted by molar-refractivity contribution is 8.13.